The molecular formula is C14H13Cl2NO3. The van der Waals surface area contributed by atoms with E-state index in [4.69, 9.17) is 28.3 Å². The molecule has 1 aromatic carbocycles. The van der Waals surface area contributed by atoms with Crippen LogP contribution in [0.4, 0.5) is 0 Å². The number of nitrogens with zero attached hydrogens (tertiary/aromatic N) is 1. The first-order chi connectivity index (χ1) is 9.42. The predicted molar refractivity (Wildman–Crippen MR) is 79.9 cm³/mol. The monoisotopic (exact) mass is 313 g/mol. The molecule has 106 valence electrons. The maximum atomic E-state index is 11.9. The van der Waals surface area contributed by atoms with Gasteiger partial charge in [0.25, 0.3) is 0 Å². The van der Waals surface area contributed by atoms with Crippen LogP contribution in [0.25, 0.3) is 6.08 Å². The summed E-state index contributed by atoms with van der Waals surface area (Å²) in [5, 5.41) is 9.64. The number of aliphatic carboxylic acids is 1. The van der Waals surface area contributed by atoms with Gasteiger partial charge in [0.2, 0.25) is 5.91 Å². The Morgan fingerprint density at radius 1 is 1.25 bits per heavy atom. The molecule has 0 unspecified atom stereocenters. The first-order valence-corrected chi connectivity index (χ1v) is 6.43. The zero-order valence-corrected chi connectivity index (χ0v) is 12.1. The molecule has 0 radical (unpaired) electrons. The summed E-state index contributed by atoms with van der Waals surface area (Å²) in [5.74, 6) is -1.51. The Kier molecular flexibility index (Phi) is 6.28. The molecule has 0 spiro atoms. The third-order valence-corrected chi connectivity index (χ3v) is 2.73. The summed E-state index contributed by atoms with van der Waals surface area (Å²) in [6, 6.07) is 4.87. The van der Waals surface area contributed by atoms with Crippen molar-refractivity contribution in [1.29, 1.82) is 0 Å². The van der Waals surface area contributed by atoms with Crippen molar-refractivity contribution in [2.45, 2.75) is 0 Å². The molecule has 0 atom stereocenters. The molecule has 0 saturated carbocycles. The number of carboxylic acids is 1. The molecule has 1 rings (SSSR count). The number of hydrogen-bond acceptors (Lipinski definition) is 2. The second-order valence-electron chi connectivity index (χ2n) is 3.94. The van der Waals surface area contributed by atoms with Crippen molar-refractivity contribution >= 4 is 41.2 Å². The van der Waals surface area contributed by atoms with Crippen LogP contribution in [0.5, 0.6) is 0 Å². The van der Waals surface area contributed by atoms with Gasteiger partial charge in [-0.2, -0.15) is 0 Å². The van der Waals surface area contributed by atoms with E-state index in [2.05, 4.69) is 6.58 Å². The van der Waals surface area contributed by atoms with Crippen molar-refractivity contribution in [2.75, 3.05) is 13.1 Å². The van der Waals surface area contributed by atoms with E-state index in [0.717, 1.165) is 4.90 Å². The number of hydrogen-bond donors (Lipinski definition) is 1. The second-order valence-corrected chi connectivity index (χ2v) is 4.81. The van der Waals surface area contributed by atoms with Crippen molar-refractivity contribution in [3.05, 3.63) is 52.5 Å². The minimum absolute atomic E-state index is 0.159. The highest BCUT2D eigenvalue weighted by molar-refractivity contribution is 6.34. The maximum Gasteiger partial charge on any atom is 0.323 e. The molecule has 0 saturated heterocycles. The van der Waals surface area contributed by atoms with E-state index < -0.39 is 11.9 Å². The number of benzene rings is 1. The molecule has 1 aromatic rings. The van der Waals surface area contributed by atoms with Gasteiger partial charge in [0.15, 0.2) is 0 Å². The summed E-state index contributed by atoms with van der Waals surface area (Å²) >= 11 is 11.7. The Labute approximate surface area is 126 Å². The van der Waals surface area contributed by atoms with E-state index in [-0.39, 0.29) is 13.1 Å². The van der Waals surface area contributed by atoms with Crippen LogP contribution in [-0.2, 0) is 9.59 Å². The molecule has 6 heteroatoms. The van der Waals surface area contributed by atoms with E-state index in [9.17, 15) is 9.59 Å². The largest absolute Gasteiger partial charge is 0.480 e. The van der Waals surface area contributed by atoms with Crippen LogP contribution in [0.15, 0.2) is 36.9 Å². The number of carbonyl (C=O) groups excluding carboxylic acids is 1. The third kappa shape index (κ3) is 5.47. The topological polar surface area (TPSA) is 57.6 Å². The fourth-order valence-corrected chi connectivity index (χ4v) is 2.04. The summed E-state index contributed by atoms with van der Waals surface area (Å²) in [6.07, 6.45) is 4.26. The molecule has 1 N–H and O–H groups in total. The normalized spacial score (nSPS) is 10.5. The van der Waals surface area contributed by atoms with E-state index in [1.165, 1.54) is 18.2 Å². The number of rotatable bonds is 6. The van der Waals surface area contributed by atoms with Gasteiger partial charge in [-0.05, 0) is 29.8 Å². The van der Waals surface area contributed by atoms with Gasteiger partial charge >= 0.3 is 5.97 Å². The molecule has 0 bridgehead atoms. The summed E-state index contributed by atoms with van der Waals surface area (Å²) in [6.45, 7) is 3.26. The maximum absolute atomic E-state index is 11.9. The molecule has 1 amide bonds. The number of amides is 1. The lowest BCUT2D eigenvalue weighted by Crippen LogP contribution is -2.34. The molecule has 0 aliphatic carbocycles. The highest BCUT2D eigenvalue weighted by atomic mass is 35.5. The summed E-state index contributed by atoms with van der Waals surface area (Å²) in [5.41, 5.74) is 0.657. The summed E-state index contributed by atoms with van der Waals surface area (Å²) < 4.78 is 0. The molecule has 0 aliphatic rings. The first-order valence-electron chi connectivity index (χ1n) is 5.68. The zero-order valence-electron chi connectivity index (χ0n) is 10.6. The Balaban J connectivity index is 2.83. The molecule has 0 fully saturated rings. The van der Waals surface area contributed by atoms with Crippen molar-refractivity contribution in [2.24, 2.45) is 0 Å². The molecule has 4 nitrogen and oxygen atoms in total. The predicted octanol–water partition coefficient (Wildman–Crippen LogP) is 3.11. The van der Waals surface area contributed by atoms with Gasteiger partial charge in [0.05, 0.1) is 0 Å². The number of carbonyl (C=O) groups is 2. The molecule has 0 aromatic heterocycles. The van der Waals surface area contributed by atoms with Crippen molar-refractivity contribution < 1.29 is 14.7 Å². The Bertz CT molecular complexity index is 535. The zero-order chi connectivity index (χ0) is 15.1. The average Bonchev–Trinajstić information content (AvgIpc) is 2.33. The number of halogens is 2. The van der Waals surface area contributed by atoms with Crippen molar-refractivity contribution in [3.8, 4) is 0 Å². The van der Waals surface area contributed by atoms with E-state index in [1.807, 2.05) is 0 Å². The second kappa shape index (κ2) is 7.72. The van der Waals surface area contributed by atoms with Gasteiger partial charge in [-0.3, -0.25) is 9.59 Å². The highest BCUT2D eigenvalue weighted by Crippen LogP contribution is 2.19. The SMILES string of the molecule is C=CCN(CC(=O)O)C(=O)C=Cc1cc(Cl)cc(Cl)c1. The van der Waals surface area contributed by atoms with Crippen LogP contribution in [0.3, 0.4) is 0 Å². The lowest BCUT2D eigenvalue weighted by molar-refractivity contribution is -0.142. The van der Waals surface area contributed by atoms with Gasteiger partial charge in [-0.25, -0.2) is 0 Å². The number of carboxylic acid groups (broad SMARTS) is 1. The Hall–Kier alpha value is -1.78. The lowest BCUT2D eigenvalue weighted by Gasteiger charge is -2.16. The van der Waals surface area contributed by atoms with Crippen molar-refractivity contribution in [3.63, 3.8) is 0 Å². The quantitative estimate of drug-likeness (QED) is 0.648. The minimum atomic E-state index is -1.08. The van der Waals surface area contributed by atoms with Crippen LogP contribution in [0.2, 0.25) is 10.0 Å². The van der Waals surface area contributed by atoms with Gasteiger partial charge in [-0.1, -0.05) is 29.3 Å². The fraction of sp³-hybridized carbons (Fsp3) is 0.143. The fourth-order valence-electron chi connectivity index (χ4n) is 1.50. The molecular weight excluding hydrogens is 301 g/mol. The summed E-state index contributed by atoms with van der Waals surface area (Å²) in [7, 11) is 0. The van der Waals surface area contributed by atoms with Crippen LogP contribution >= 0.6 is 23.2 Å². The molecule has 0 aliphatic heterocycles. The van der Waals surface area contributed by atoms with E-state index >= 15 is 0 Å². The van der Waals surface area contributed by atoms with Crippen LogP contribution in [0.1, 0.15) is 5.56 Å². The van der Waals surface area contributed by atoms with Crippen molar-refractivity contribution in [1.82, 2.24) is 4.90 Å². The van der Waals surface area contributed by atoms with Gasteiger partial charge < -0.3 is 10.0 Å². The average molecular weight is 314 g/mol. The smallest absolute Gasteiger partial charge is 0.323 e. The molecule has 0 heterocycles. The standard InChI is InChI=1S/C14H13Cl2NO3/c1-2-5-17(9-14(19)20)13(18)4-3-10-6-11(15)8-12(16)7-10/h2-4,6-8H,1,5,9H2,(H,19,20). The minimum Gasteiger partial charge on any atom is -0.480 e. The van der Waals surface area contributed by atoms with Crippen LogP contribution in [-0.4, -0.2) is 35.0 Å². The van der Waals surface area contributed by atoms with Gasteiger partial charge in [-0.15, -0.1) is 6.58 Å². The first kappa shape index (κ1) is 16.3. The summed E-state index contributed by atoms with van der Waals surface area (Å²) in [4.78, 5) is 23.7. The third-order valence-electron chi connectivity index (χ3n) is 2.29. The van der Waals surface area contributed by atoms with Crippen LogP contribution in [0, 0.1) is 0 Å². The van der Waals surface area contributed by atoms with Crippen LogP contribution < -0.4 is 0 Å². The van der Waals surface area contributed by atoms with Gasteiger partial charge in [0.1, 0.15) is 6.54 Å². The Morgan fingerprint density at radius 2 is 1.85 bits per heavy atom. The lowest BCUT2D eigenvalue weighted by atomic mass is 10.2. The van der Waals surface area contributed by atoms with Gasteiger partial charge in [0, 0.05) is 22.7 Å². The highest BCUT2D eigenvalue weighted by Gasteiger charge is 2.12. The Morgan fingerprint density at radius 3 is 2.35 bits per heavy atom. The molecule has 20 heavy (non-hydrogen) atoms. The van der Waals surface area contributed by atoms with E-state index in [1.54, 1.807) is 18.2 Å². The van der Waals surface area contributed by atoms with E-state index in [0.29, 0.717) is 15.6 Å².